The van der Waals surface area contributed by atoms with Gasteiger partial charge in [-0.05, 0) is 35.7 Å². The standard InChI is InChI=1S/C19H19NO4/c1-20(11-13-6-8-14(9-7-13)19(22)23)18(21)16-10-15-4-2-3-5-17(15)24-12-16/h2-9,16H,10-12H2,1H3,(H,22,23). The van der Waals surface area contributed by atoms with Gasteiger partial charge >= 0.3 is 5.97 Å². The Hall–Kier alpha value is -2.82. The van der Waals surface area contributed by atoms with Crippen molar-refractivity contribution in [3.05, 3.63) is 65.2 Å². The third-order valence-electron chi connectivity index (χ3n) is 4.23. The van der Waals surface area contributed by atoms with Crippen LogP contribution in [0.3, 0.4) is 0 Å². The lowest BCUT2D eigenvalue weighted by atomic mass is 9.95. The summed E-state index contributed by atoms with van der Waals surface area (Å²) in [5.74, 6) is -0.257. The summed E-state index contributed by atoms with van der Waals surface area (Å²) < 4.78 is 5.69. The summed E-state index contributed by atoms with van der Waals surface area (Å²) in [4.78, 5) is 25.2. The van der Waals surface area contributed by atoms with Crippen LogP contribution in [0.2, 0.25) is 0 Å². The zero-order valence-corrected chi connectivity index (χ0v) is 13.4. The summed E-state index contributed by atoms with van der Waals surface area (Å²) in [7, 11) is 1.76. The predicted octanol–water partition coefficient (Wildman–Crippen LogP) is 2.59. The van der Waals surface area contributed by atoms with E-state index in [1.807, 2.05) is 24.3 Å². The lowest BCUT2D eigenvalue weighted by Crippen LogP contribution is -2.38. The average molecular weight is 325 g/mol. The Morgan fingerprint density at radius 2 is 1.88 bits per heavy atom. The van der Waals surface area contributed by atoms with Crippen molar-refractivity contribution >= 4 is 11.9 Å². The first kappa shape index (κ1) is 16.1. The minimum absolute atomic E-state index is 0.0341. The van der Waals surface area contributed by atoms with Gasteiger partial charge in [0.25, 0.3) is 0 Å². The van der Waals surface area contributed by atoms with E-state index in [1.54, 1.807) is 36.2 Å². The van der Waals surface area contributed by atoms with Gasteiger partial charge in [-0.15, -0.1) is 0 Å². The lowest BCUT2D eigenvalue weighted by Gasteiger charge is -2.28. The first-order valence-electron chi connectivity index (χ1n) is 7.82. The summed E-state index contributed by atoms with van der Waals surface area (Å²) in [6.07, 6.45) is 0.678. The van der Waals surface area contributed by atoms with E-state index in [4.69, 9.17) is 9.84 Å². The van der Waals surface area contributed by atoms with Crippen LogP contribution in [-0.2, 0) is 17.8 Å². The van der Waals surface area contributed by atoms with Gasteiger partial charge in [0.05, 0.1) is 11.5 Å². The predicted molar refractivity (Wildman–Crippen MR) is 89.0 cm³/mol. The average Bonchev–Trinajstić information content (AvgIpc) is 2.61. The molecular formula is C19H19NO4. The van der Waals surface area contributed by atoms with Crippen LogP contribution in [0.1, 0.15) is 21.5 Å². The smallest absolute Gasteiger partial charge is 0.335 e. The van der Waals surface area contributed by atoms with Gasteiger partial charge in [-0.1, -0.05) is 30.3 Å². The number of fused-ring (bicyclic) bond motifs is 1. The number of carboxylic acid groups (broad SMARTS) is 1. The van der Waals surface area contributed by atoms with Crippen molar-refractivity contribution in [1.82, 2.24) is 4.90 Å². The Bertz CT molecular complexity index is 754. The second-order valence-corrected chi connectivity index (χ2v) is 6.02. The number of nitrogens with zero attached hydrogens (tertiary/aromatic N) is 1. The van der Waals surface area contributed by atoms with E-state index in [9.17, 15) is 9.59 Å². The molecule has 1 atom stereocenters. The summed E-state index contributed by atoms with van der Waals surface area (Å²) in [6, 6.07) is 14.4. The molecule has 1 N–H and O–H groups in total. The maximum absolute atomic E-state index is 12.6. The summed E-state index contributed by atoms with van der Waals surface area (Å²) in [5, 5.41) is 8.92. The van der Waals surface area contributed by atoms with Gasteiger partial charge in [0.15, 0.2) is 0 Å². The highest BCUT2D eigenvalue weighted by Crippen LogP contribution is 2.27. The van der Waals surface area contributed by atoms with E-state index in [0.29, 0.717) is 19.6 Å². The van der Waals surface area contributed by atoms with Gasteiger partial charge in [0.1, 0.15) is 12.4 Å². The molecule has 1 heterocycles. The molecule has 24 heavy (non-hydrogen) atoms. The monoisotopic (exact) mass is 325 g/mol. The van der Waals surface area contributed by atoms with Gasteiger partial charge in [-0.2, -0.15) is 0 Å². The molecule has 2 aromatic rings. The van der Waals surface area contributed by atoms with Crippen molar-refractivity contribution in [2.45, 2.75) is 13.0 Å². The highest BCUT2D eigenvalue weighted by molar-refractivity contribution is 5.87. The molecule has 0 radical (unpaired) electrons. The highest BCUT2D eigenvalue weighted by Gasteiger charge is 2.28. The Morgan fingerprint density at radius 1 is 1.17 bits per heavy atom. The normalized spacial score (nSPS) is 16.0. The van der Waals surface area contributed by atoms with Crippen LogP contribution < -0.4 is 4.74 Å². The van der Waals surface area contributed by atoms with Crippen molar-refractivity contribution in [3.8, 4) is 5.75 Å². The second kappa shape index (κ2) is 6.74. The van der Waals surface area contributed by atoms with E-state index in [-0.39, 0.29) is 17.4 Å². The van der Waals surface area contributed by atoms with Crippen LogP contribution in [0.25, 0.3) is 0 Å². The summed E-state index contributed by atoms with van der Waals surface area (Å²) in [5.41, 5.74) is 2.19. The van der Waals surface area contributed by atoms with Gasteiger partial charge in [0, 0.05) is 13.6 Å². The number of carbonyl (C=O) groups is 2. The summed E-state index contributed by atoms with van der Waals surface area (Å²) in [6.45, 7) is 0.828. The zero-order chi connectivity index (χ0) is 17.1. The Kier molecular flexibility index (Phi) is 4.51. The molecule has 1 amide bonds. The Morgan fingerprint density at radius 3 is 2.58 bits per heavy atom. The molecule has 0 bridgehead atoms. The molecule has 124 valence electrons. The maximum atomic E-state index is 12.6. The largest absolute Gasteiger partial charge is 0.492 e. The first-order chi connectivity index (χ1) is 11.5. The van der Waals surface area contributed by atoms with Gasteiger partial charge in [-0.3, -0.25) is 4.79 Å². The Balaban J connectivity index is 1.64. The van der Waals surface area contributed by atoms with Crippen LogP contribution in [0.15, 0.2) is 48.5 Å². The van der Waals surface area contributed by atoms with Crippen molar-refractivity contribution in [1.29, 1.82) is 0 Å². The van der Waals surface area contributed by atoms with Crippen LogP contribution >= 0.6 is 0 Å². The fourth-order valence-electron chi connectivity index (χ4n) is 2.90. The molecule has 0 spiro atoms. The quantitative estimate of drug-likeness (QED) is 0.938. The number of carbonyl (C=O) groups excluding carboxylic acids is 1. The molecule has 0 fully saturated rings. The molecular weight excluding hydrogens is 306 g/mol. The van der Waals surface area contributed by atoms with Gasteiger partial charge < -0.3 is 14.7 Å². The highest BCUT2D eigenvalue weighted by atomic mass is 16.5. The molecule has 5 heteroatoms. The molecule has 3 rings (SSSR count). The third-order valence-corrected chi connectivity index (χ3v) is 4.23. The zero-order valence-electron chi connectivity index (χ0n) is 13.4. The number of ether oxygens (including phenoxy) is 1. The molecule has 1 aliphatic rings. The molecule has 0 saturated heterocycles. The topological polar surface area (TPSA) is 66.8 Å². The fourth-order valence-corrected chi connectivity index (χ4v) is 2.90. The molecule has 2 aromatic carbocycles. The van der Waals surface area contributed by atoms with Crippen LogP contribution in [0, 0.1) is 5.92 Å². The molecule has 0 saturated carbocycles. The second-order valence-electron chi connectivity index (χ2n) is 6.02. The first-order valence-corrected chi connectivity index (χ1v) is 7.82. The number of carboxylic acids is 1. The van der Waals surface area contributed by atoms with Crippen LogP contribution in [0.4, 0.5) is 0 Å². The molecule has 1 aliphatic heterocycles. The molecule has 5 nitrogen and oxygen atoms in total. The van der Waals surface area contributed by atoms with E-state index in [1.165, 1.54) is 0 Å². The Labute approximate surface area is 140 Å². The lowest BCUT2D eigenvalue weighted by molar-refractivity contribution is -0.136. The maximum Gasteiger partial charge on any atom is 0.335 e. The number of rotatable bonds is 4. The van der Waals surface area contributed by atoms with Crippen molar-refractivity contribution in [3.63, 3.8) is 0 Å². The minimum Gasteiger partial charge on any atom is -0.492 e. The van der Waals surface area contributed by atoms with Gasteiger partial charge in [-0.25, -0.2) is 4.79 Å². The van der Waals surface area contributed by atoms with Crippen LogP contribution in [0.5, 0.6) is 5.75 Å². The molecule has 0 aliphatic carbocycles. The summed E-state index contributed by atoms with van der Waals surface area (Å²) >= 11 is 0. The fraction of sp³-hybridized carbons (Fsp3) is 0.263. The van der Waals surface area contributed by atoms with Gasteiger partial charge in [0.2, 0.25) is 5.91 Å². The number of aromatic carboxylic acids is 1. The third kappa shape index (κ3) is 3.40. The number of amides is 1. The van der Waals surface area contributed by atoms with E-state index < -0.39 is 5.97 Å². The van der Waals surface area contributed by atoms with Crippen molar-refractivity contribution in [2.24, 2.45) is 5.92 Å². The van der Waals surface area contributed by atoms with E-state index in [0.717, 1.165) is 16.9 Å². The number of para-hydroxylation sites is 1. The number of benzene rings is 2. The molecule has 0 aromatic heterocycles. The van der Waals surface area contributed by atoms with Crippen LogP contribution in [-0.4, -0.2) is 35.5 Å². The number of hydrogen-bond donors (Lipinski definition) is 1. The van der Waals surface area contributed by atoms with Crippen molar-refractivity contribution in [2.75, 3.05) is 13.7 Å². The van der Waals surface area contributed by atoms with Crippen molar-refractivity contribution < 1.29 is 19.4 Å². The molecule has 1 unspecified atom stereocenters. The van der Waals surface area contributed by atoms with E-state index in [2.05, 4.69) is 0 Å². The SMILES string of the molecule is CN(Cc1ccc(C(=O)O)cc1)C(=O)C1COc2ccccc2C1. The number of hydrogen-bond acceptors (Lipinski definition) is 3. The van der Waals surface area contributed by atoms with E-state index >= 15 is 0 Å². The minimum atomic E-state index is -0.955.